The molecule has 0 saturated heterocycles. The molecule has 1 amide bonds. The van der Waals surface area contributed by atoms with Crippen molar-refractivity contribution in [1.82, 2.24) is 0 Å². The zero-order valence-corrected chi connectivity index (χ0v) is 14.0. The molecule has 2 rings (SSSR count). The van der Waals surface area contributed by atoms with Crippen molar-refractivity contribution >= 4 is 33.4 Å². The van der Waals surface area contributed by atoms with Crippen LogP contribution in [0.4, 0.5) is 4.39 Å². The smallest absolute Gasteiger partial charge is 0.217 e. The van der Waals surface area contributed by atoms with Crippen LogP contribution < -0.4 is 10.5 Å². The second kappa shape index (κ2) is 7.61. The minimum atomic E-state index is -0.362. The van der Waals surface area contributed by atoms with E-state index in [1.54, 1.807) is 18.2 Å². The van der Waals surface area contributed by atoms with E-state index in [1.165, 1.54) is 12.1 Å². The molecule has 0 spiro atoms. The quantitative estimate of drug-likeness (QED) is 0.807. The summed E-state index contributed by atoms with van der Waals surface area (Å²) in [6, 6.07) is 9.73. The number of rotatable bonds is 6. The summed E-state index contributed by atoms with van der Waals surface area (Å²) in [7, 11) is 0. The van der Waals surface area contributed by atoms with Crippen LogP contribution in [-0.4, -0.2) is 5.91 Å². The Bertz CT molecular complexity index is 671. The first kappa shape index (κ1) is 16.8. The number of aryl methyl sites for hydroxylation is 1. The summed E-state index contributed by atoms with van der Waals surface area (Å²) in [5.74, 6) is -0.194. The molecule has 0 fully saturated rings. The molecule has 0 radical (unpaired) electrons. The molecule has 0 aliphatic rings. The number of ether oxygens (including phenoxy) is 1. The second-order valence-corrected chi connectivity index (χ2v) is 6.04. The standard InChI is InChI=1S/C16H14BrClFNO2/c17-13-7-10(4-5-15(20)21)8-14(18)16(13)22-9-11-2-1-3-12(19)6-11/h1-3,6-8H,4-5,9H2,(H2,20,21). The number of benzene rings is 2. The molecule has 116 valence electrons. The van der Waals surface area contributed by atoms with E-state index < -0.39 is 0 Å². The zero-order chi connectivity index (χ0) is 16.1. The minimum Gasteiger partial charge on any atom is -0.486 e. The van der Waals surface area contributed by atoms with Crippen LogP contribution >= 0.6 is 27.5 Å². The van der Waals surface area contributed by atoms with Crippen molar-refractivity contribution in [1.29, 1.82) is 0 Å². The summed E-state index contributed by atoms with van der Waals surface area (Å²) in [6.45, 7) is 0.205. The number of halogens is 3. The third-order valence-electron chi connectivity index (χ3n) is 2.99. The van der Waals surface area contributed by atoms with Crippen LogP contribution in [0.25, 0.3) is 0 Å². The van der Waals surface area contributed by atoms with Gasteiger partial charge in [0, 0.05) is 6.42 Å². The van der Waals surface area contributed by atoms with E-state index in [0.717, 1.165) is 5.56 Å². The van der Waals surface area contributed by atoms with Gasteiger partial charge in [0.2, 0.25) is 5.91 Å². The van der Waals surface area contributed by atoms with Crippen LogP contribution in [0, 0.1) is 5.82 Å². The molecular weight excluding hydrogens is 373 g/mol. The van der Waals surface area contributed by atoms with Crippen LogP contribution in [0.2, 0.25) is 5.02 Å². The average Bonchev–Trinajstić information content (AvgIpc) is 2.44. The van der Waals surface area contributed by atoms with Gasteiger partial charge in [0.15, 0.2) is 5.75 Å². The number of nitrogens with two attached hydrogens (primary N) is 1. The van der Waals surface area contributed by atoms with E-state index in [2.05, 4.69) is 15.9 Å². The van der Waals surface area contributed by atoms with Crippen molar-refractivity contribution in [2.24, 2.45) is 5.73 Å². The Hall–Kier alpha value is -1.59. The van der Waals surface area contributed by atoms with E-state index in [1.807, 2.05) is 6.07 Å². The van der Waals surface area contributed by atoms with Crippen LogP contribution in [0.15, 0.2) is 40.9 Å². The number of hydrogen-bond donors (Lipinski definition) is 1. The van der Waals surface area contributed by atoms with E-state index >= 15 is 0 Å². The molecule has 0 unspecified atom stereocenters. The average molecular weight is 387 g/mol. The van der Waals surface area contributed by atoms with Crippen molar-refractivity contribution < 1.29 is 13.9 Å². The van der Waals surface area contributed by atoms with E-state index in [-0.39, 0.29) is 24.8 Å². The third kappa shape index (κ3) is 4.71. The van der Waals surface area contributed by atoms with Gasteiger partial charge in [-0.15, -0.1) is 0 Å². The van der Waals surface area contributed by atoms with E-state index in [0.29, 0.717) is 27.2 Å². The van der Waals surface area contributed by atoms with Gasteiger partial charge in [-0.3, -0.25) is 4.79 Å². The number of carbonyl (C=O) groups is 1. The number of hydrogen-bond acceptors (Lipinski definition) is 2. The maximum atomic E-state index is 13.1. The molecule has 2 aromatic rings. The lowest BCUT2D eigenvalue weighted by Gasteiger charge is -2.12. The highest BCUT2D eigenvalue weighted by Crippen LogP contribution is 2.35. The molecule has 0 bridgehead atoms. The zero-order valence-electron chi connectivity index (χ0n) is 11.6. The fourth-order valence-electron chi connectivity index (χ4n) is 1.94. The van der Waals surface area contributed by atoms with Crippen LogP contribution in [0.3, 0.4) is 0 Å². The molecular formula is C16H14BrClFNO2. The lowest BCUT2D eigenvalue weighted by molar-refractivity contribution is -0.117. The van der Waals surface area contributed by atoms with E-state index in [9.17, 15) is 9.18 Å². The number of carbonyl (C=O) groups excluding carboxylic acids is 1. The van der Waals surface area contributed by atoms with Gasteiger partial charge in [-0.2, -0.15) is 0 Å². The molecule has 0 aliphatic carbocycles. The van der Waals surface area contributed by atoms with Crippen LogP contribution in [0.5, 0.6) is 5.75 Å². The van der Waals surface area contributed by atoms with Gasteiger partial charge in [-0.25, -0.2) is 4.39 Å². The first-order valence-corrected chi connectivity index (χ1v) is 7.76. The highest BCUT2D eigenvalue weighted by molar-refractivity contribution is 9.10. The number of amides is 1. The molecule has 0 aliphatic heterocycles. The summed E-state index contributed by atoms with van der Waals surface area (Å²) in [5.41, 5.74) is 6.72. The third-order valence-corrected chi connectivity index (χ3v) is 3.86. The maximum Gasteiger partial charge on any atom is 0.217 e. The van der Waals surface area contributed by atoms with Crippen molar-refractivity contribution in [2.75, 3.05) is 0 Å². The van der Waals surface area contributed by atoms with Gasteiger partial charge < -0.3 is 10.5 Å². The van der Waals surface area contributed by atoms with Gasteiger partial charge in [0.05, 0.1) is 9.50 Å². The van der Waals surface area contributed by atoms with Gasteiger partial charge in [-0.05, 0) is 57.7 Å². The summed E-state index contributed by atoms with van der Waals surface area (Å²) < 4.78 is 19.5. The molecule has 6 heteroatoms. The summed E-state index contributed by atoms with van der Waals surface area (Å²) in [5, 5.41) is 0.422. The Labute approximate surface area is 141 Å². The topological polar surface area (TPSA) is 52.3 Å². The van der Waals surface area contributed by atoms with Crippen LogP contribution in [-0.2, 0) is 17.8 Å². The van der Waals surface area contributed by atoms with Gasteiger partial charge in [0.25, 0.3) is 0 Å². The molecule has 0 saturated carbocycles. The van der Waals surface area contributed by atoms with Crippen molar-refractivity contribution in [3.8, 4) is 5.75 Å². The molecule has 2 N–H and O–H groups in total. The Morgan fingerprint density at radius 2 is 2.05 bits per heavy atom. The Morgan fingerprint density at radius 3 is 2.68 bits per heavy atom. The SMILES string of the molecule is NC(=O)CCc1cc(Cl)c(OCc2cccc(F)c2)c(Br)c1. The molecule has 0 atom stereocenters. The summed E-state index contributed by atoms with van der Waals surface area (Å²) >= 11 is 9.60. The van der Waals surface area contributed by atoms with Crippen LogP contribution in [0.1, 0.15) is 17.5 Å². The molecule has 0 aromatic heterocycles. The molecule has 3 nitrogen and oxygen atoms in total. The molecule has 0 heterocycles. The fraction of sp³-hybridized carbons (Fsp3) is 0.188. The predicted octanol–water partition coefficient (Wildman–Crippen LogP) is 4.24. The summed E-state index contributed by atoms with van der Waals surface area (Å²) in [6.07, 6.45) is 0.768. The fourth-order valence-corrected chi connectivity index (χ4v) is 2.98. The Balaban J connectivity index is 2.09. The largest absolute Gasteiger partial charge is 0.486 e. The first-order chi connectivity index (χ1) is 10.5. The molecule has 22 heavy (non-hydrogen) atoms. The summed E-state index contributed by atoms with van der Waals surface area (Å²) in [4.78, 5) is 10.8. The molecule has 2 aromatic carbocycles. The number of primary amides is 1. The van der Waals surface area contributed by atoms with Crippen molar-refractivity contribution in [3.63, 3.8) is 0 Å². The van der Waals surface area contributed by atoms with E-state index in [4.69, 9.17) is 22.1 Å². The van der Waals surface area contributed by atoms with Crippen molar-refractivity contribution in [3.05, 3.63) is 62.8 Å². The second-order valence-electron chi connectivity index (χ2n) is 4.77. The lowest BCUT2D eigenvalue weighted by atomic mass is 10.1. The van der Waals surface area contributed by atoms with Gasteiger partial charge in [-0.1, -0.05) is 23.7 Å². The Kier molecular flexibility index (Phi) is 5.80. The van der Waals surface area contributed by atoms with Gasteiger partial charge in [0.1, 0.15) is 12.4 Å². The van der Waals surface area contributed by atoms with Gasteiger partial charge >= 0.3 is 0 Å². The predicted molar refractivity (Wildman–Crippen MR) is 87.4 cm³/mol. The Morgan fingerprint density at radius 1 is 1.27 bits per heavy atom. The maximum absolute atomic E-state index is 13.1. The first-order valence-electron chi connectivity index (χ1n) is 6.59. The highest BCUT2D eigenvalue weighted by atomic mass is 79.9. The highest BCUT2D eigenvalue weighted by Gasteiger charge is 2.10. The minimum absolute atomic E-state index is 0.205. The normalized spacial score (nSPS) is 10.5. The lowest BCUT2D eigenvalue weighted by Crippen LogP contribution is -2.11. The van der Waals surface area contributed by atoms with Crippen molar-refractivity contribution in [2.45, 2.75) is 19.4 Å². The monoisotopic (exact) mass is 385 g/mol.